The summed E-state index contributed by atoms with van der Waals surface area (Å²) in [5, 5.41) is 0. The summed E-state index contributed by atoms with van der Waals surface area (Å²) < 4.78 is 31.1. The summed E-state index contributed by atoms with van der Waals surface area (Å²) in [5.41, 5.74) is 9.75. The maximum Gasteiger partial charge on any atom is 0.152 e. The Hall–Kier alpha value is -1.90. The maximum absolute atomic E-state index is 6.59. The van der Waals surface area contributed by atoms with E-state index in [9.17, 15) is 0 Å². The summed E-state index contributed by atoms with van der Waals surface area (Å²) in [7, 11) is 3.90. The zero-order chi connectivity index (χ0) is 32.8. The van der Waals surface area contributed by atoms with Crippen molar-refractivity contribution < 1.29 is 23.7 Å². The number of hydrogen-bond donors (Lipinski definition) is 1. The van der Waals surface area contributed by atoms with E-state index in [2.05, 4.69) is 34.4 Å². The van der Waals surface area contributed by atoms with E-state index in [1.165, 1.54) is 46.8 Å². The lowest BCUT2D eigenvalue weighted by molar-refractivity contribution is -0.00962. The van der Waals surface area contributed by atoms with Gasteiger partial charge in [0.25, 0.3) is 0 Å². The number of imidazole rings is 1. The van der Waals surface area contributed by atoms with Crippen molar-refractivity contribution in [1.82, 2.24) is 24.3 Å². The van der Waals surface area contributed by atoms with Gasteiger partial charge in [-0.3, -0.25) is 0 Å². The Labute approximate surface area is 285 Å². The molecule has 47 heavy (non-hydrogen) atoms. The molecule has 0 bridgehead atoms. The topological polar surface area (TPSA) is 109 Å². The van der Waals surface area contributed by atoms with Gasteiger partial charge in [0.2, 0.25) is 0 Å². The summed E-state index contributed by atoms with van der Waals surface area (Å²) in [6.07, 6.45) is 8.08. The molecule has 0 aliphatic carbocycles. The number of anilines is 1. The molecule has 3 aromatic heterocycles. The molecule has 0 unspecified atom stereocenters. The van der Waals surface area contributed by atoms with Gasteiger partial charge in [0, 0.05) is 31.5 Å². The van der Waals surface area contributed by atoms with E-state index in [1.807, 2.05) is 11.3 Å². The zero-order valence-electron chi connectivity index (χ0n) is 29.1. The monoisotopic (exact) mass is 674 g/mol. The number of unbranched alkanes of at least 4 members (excludes halogenated alkanes) is 1. The van der Waals surface area contributed by atoms with E-state index in [-0.39, 0.29) is 0 Å². The molecular weight excluding hydrogens is 616 g/mol. The third-order valence-electron chi connectivity index (χ3n) is 9.60. The van der Waals surface area contributed by atoms with Crippen molar-refractivity contribution in [2.75, 3.05) is 112 Å². The van der Waals surface area contributed by atoms with Crippen molar-refractivity contribution in [2.24, 2.45) is 5.92 Å². The van der Waals surface area contributed by atoms with Gasteiger partial charge in [-0.25, -0.2) is 9.97 Å². The average Bonchev–Trinajstić information content (AvgIpc) is 3.67. The van der Waals surface area contributed by atoms with Crippen LogP contribution in [-0.4, -0.2) is 131 Å². The van der Waals surface area contributed by atoms with Crippen molar-refractivity contribution in [3.8, 4) is 0 Å². The van der Waals surface area contributed by atoms with Crippen molar-refractivity contribution in [3.05, 3.63) is 16.8 Å². The second-order valence-electron chi connectivity index (χ2n) is 13.1. The molecule has 0 amide bonds. The Morgan fingerprint density at radius 1 is 0.851 bits per heavy atom. The van der Waals surface area contributed by atoms with E-state index < -0.39 is 0 Å². The van der Waals surface area contributed by atoms with Crippen LogP contribution in [-0.2, 0) is 36.6 Å². The number of aromatic nitrogens is 3. The molecule has 2 aliphatic heterocycles. The second kappa shape index (κ2) is 19.3. The molecule has 5 rings (SSSR count). The number of likely N-dealkylation sites (tertiary alicyclic amines) is 2. The van der Waals surface area contributed by atoms with Crippen LogP contribution in [0, 0.1) is 5.92 Å². The van der Waals surface area contributed by atoms with Gasteiger partial charge in [0.15, 0.2) is 5.82 Å². The number of pyridine rings is 1. The number of piperidine rings is 2. The average molecular weight is 675 g/mol. The molecule has 0 radical (unpaired) electrons. The molecule has 5 heterocycles. The number of nitrogens with zero attached hydrogens (tertiary/aromatic N) is 5. The van der Waals surface area contributed by atoms with Gasteiger partial charge in [-0.2, -0.15) is 0 Å². The Kier molecular flexibility index (Phi) is 15.0. The molecule has 2 saturated heterocycles. The molecule has 0 spiro atoms. The first-order chi connectivity index (χ1) is 23.1. The number of rotatable bonds is 21. The Bertz CT molecular complexity index is 1340. The SMILES string of the molecule is CCCCc1nc2c(N)nc3cc(C4CCN(CCOCCOCCOCCOCCOC)CC4)sc3c2n1CC1CCN(C)CC1. The summed E-state index contributed by atoms with van der Waals surface area (Å²) >= 11 is 1.93. The van der Waals surface area contributed by atoms with Crippen LogP contribution in [0.1, 0.15) is 62.1 Å². The van der Waals surface area contributed by atoms with Crippen LogP contribution in [0.4, 0.5) is 5.82 Å². The first-order valence-corrected chi connectivity index (χ1v) is 18.7. The van der Waals surface area contributed by atoms with Gasteiger partial charge < -0.3 is 43.8 Å². The highest BCUT2D eigenvalue weighted by Gasteiger charge is 2.26. The molecule has 0 atom stereocenters. The number of methoxy groups -OCH3 is 1. The van der Waals surface area contributed by atoms with E-state index >= 15 is 0 Å². The van der Waals surface area contributed by atoms with Crippen LogP contribution in [0.3, 0.4) is 0 Å². The predicted octanol–water partition coefficient (Wildman–Crippen LogP) is 4.80. The quantitative estimate of drug-likeness (QED) is 0.158. The van der Waals surface area contributed by atoms with Crippen LogP contribution in [0.15, 0.2) is 6.07 Å². The molecule has 2 aliphatic rings. The molecule has 0 saturated carbocycles. The summed E-state index contributed by atoms with van der Waals surface area (Å²) in [6, 6.07) is 2.32. The third kappa shape index (κ3) is 10.5. The minimum Gasteiger partial charge on any atom is -0.382 e. The van der Waals surface area contributed by atoms with Crippen LogP contribution in [0.25, 0.3) is 21.3 Å². The Morgan fingerprint density at radius 2 is 1.49 bits per heavy atom. The van der Waals surface area contributed by atoms with E-state index in [1.54, 1.807) is 7.11 Å². The molecule has 0 aromatic carbocycles. The molecule has 264 valence electrons. The highest BCUT2D eigenvalue weighted by molar-refractivity contribution is 7.20. The number of hydrogen-bond acceptors (Lipinski definition) is 11. The summed E-state index contributed by atoms with van der Waals surface area (Å²) in [5.74, 6) is 2.99. The van der Waals surface area contributed by atoms with Gasteiger partial charge in [0.05, 0.1) is 75.2 Å². The lowest BCUT2D eigenvalue weighted by Crippen LogP contribution is -2.35. The fraction of sp³-hybridized carbons (Fsp3) is 0.771. The van der Waals surface area contributed by atoms with E-state index in [0.717, 1.165) is 75.9 Å². The fourth-order valence-corrected chi connectivity index (χ4v) is 8.03. The molecule has 3 aromatic rings. The number of fused-ring (bicyclic) bond motifs is 3. The number of aryl methyl sites for hydroxylation is 1. The van der Waals surface area contributed by atoms with Crippen LogP contribution >= 0.6 is 11.3 Å². The van der Waals surface area contributed by atoms with Gasteiger partial charge in [0.1, 0.15) is 11.3 Å². The lowest BCUT2D eigenvalue weighted by atomic mass is 9.95. The minimum absolute atomic E-state index is 0.556. The number of nitrogens with two attached hydrogens (primary N) is 1. The van der Waals surface area contributed by atoms with Crippen molar-refractivity contribution >= 4 is 38.4 Å². The van der Waals surface area contributed by atoms with Gasteiger partial charge >= 0.3 is 0 Å². The smallest absolute Gasteiger partial charge is 0.152 e. The summed E-state index contributed by atoms with van der Waals surface area (Å²) in [6.45, 7) is 14.2. The third-order valence-corrected chi connectivity index (χ3v) is 10.9. The van der Waals surface area contributed by atoms with Gasteiger partial charge in [-0.05, 0) is 83.2 Å². The molecule has 12 heteroatoms. The number of thiophene rings is 1. The molecule has 2 fully saturated rings. The standard InChI is InChI=1S/C35H58N6O5S/c1-4-5-6-31-38-32-33(41(31)26-27-7-11-39(2)12-8-27)34-29(37-35(32)36)25-30(47-34)28-9-13-40(14-10-28)15-16-43-19-20-45-23-24-46-22-21-44-18-17-42-3/h25,27-28H,4-24,26H2,1-3H3,(H2,36,37). The lowest BCUT2D eigenvalue weighted by Gasteiger charge is -2.31. The largest absolute Gasteiger partial charge is 0.382 e. The molecule has 11 nitrogen and oxygen atoms in total. The Balaban J connectivity index is 1.08. The molecular formula is C35H58N6O5S. The number of nitrogen functional groups attached to an aromatic ring is 1. The molecule has 2 N–H and O–H groups in total. The van der Waals surface area contributed by atoms with Crippen molar-refractivity contribution in [2.45, 2.75) is 64.3 Å². The first-order valence-electron chi connectivity index (χ1n) is 17.9. The van der Waals surface area contributed by atoms with Gasteiger partial charge in [-0.15, -0.1) is 11.3 Å². The number of ether oxygens (including phenoxy) is 5. The van der Waals surface area contributed by atoms with E-state index in [4.69, 9.17) is 39.4 Å². The van der Waals surface area contributed by atoms with Crippen molar-refractivity contribution in [3.63, 3.8) is 0 Å². The fourth-order valence-electron chi connectivity index (χ4n) is 6.71. The van der Waals surface area contributed by atoms with Crippen LogP contribution in [0.2, 0.25) is 0 Å². The summed E-state index contributed by atoms with van der Waals surface area (Å²) in [4.78, 5) is 16.4. The zero-order valence-corrected chi connectivity index (χ0v) is 29.9. The van der Waals surface area contributed by atoms with Crippen LogP contribution in [0.5, 0.6) is 0 Å². The second-order valence-corrected chi connectivity index (χ2v) is 14.2. The predicted molar refractivity (Wildman–Crippen MR) is 190 cm³/mol. The minimum atomic E-state index is 0.556. The van der Waals surface area contributed by atoms with Crippen LogP contribution < -0.4 is 5.73 Å². The first kappa shape index (κ1) is 36.4. The highest BCUT2D eigenvalue weighted by atomic mass is 32.1. The van der Waals surface area contributed by atoms with Crippen molar-refractivity contribution in [1.29, 1.82) is 0 Å². The normalized spacial score (nSPS) is 17.5. The van der Waals surface area contributed by atoms with Gasteiger partial charge in [-0.1, -0.05) is 13.3 Å². The maximum atomic E-state index is 6.59. The Morgan fingerprint density at radius 3 is 2.13 bits per heavy atom. The highest BCUT2D eigenvalue weighted by Crippen LogP contribution is 2.40. The van der Waals surface area contributed by atoms with E-state index in [0.29, 0.717) is 70.5 Å².